The van der Waals surface area contributed by atoms with Gasteiger partial charge in [-0.25, -0.2) is 13.3 Å². The van der Waals surface area contributed by atoms with Crippen LogP contribution in [0.3, 0.4) is 0 Å². The van der Waals surface area contributed by atoms with Gasteiger partial charge in [0, 0.05) is 25.7 Å². The van der Waals surface area contributed by atoms with Crippen molar-refractivity contribution in [2.24, 2.45) is 0 Å². The summed E-state index contributed by atoms with van der Waals surface area (Å²) in [7, 11) is -1.16. The standard InChI is InChI=1S/C22H35N3O3S/c1-22(2,3)28-21(26)23-19-10-14-25(15-11-19)29(27)20-9-7-8-18(16-20)17-24-12-5-4-6-13-24/h7-9,16,19H,4-6,10-15,17H2,1-3H3,(H,23,26). The quantitative estimate of drug-likeness (QED) is 0.788. The summed E-state index contributed by atoms with van der Waals surface area (Å²) < 4.78 is 20.4. The monoisotopic (exact) mass is 421 g/mol. The molecule has 162 valence electrons. The molecule has 1 unspecified atom stereocenters. The number of nitrogens with zero attached hydrogens (tertiary/aromatic N) is 2. The van der Waals surface area contributed by atoms with Crippen LogP contribution in [-0.4, -0.2) is 57.3 Å². The molecule has 3 rings (SSSR count). The van der Waals surface area contributed by atoms with Crippen molar-refractivity contribution in [2.45, 2.75) is 76.0 Å². The number of hydrogen-bond donors (Lipinski definition) is 1. The van der Waals surface area contributed by atoms with Gasteiger partial charge in [-0.05, 0) is 77.2 Å². The number of hydrogen-bond acceptors (Lipinski definition) is 4. The molecule has 0 aliphatic carbocycles. The molecule has 0 bridgehead atoms. The maximum absolute atomic E-state index is 13.1. The molecule has 1 N–H and O–H groups in total. The van der Waals surface area contributed by atoms with Crippen LogP contribution in [0.5, 0.6) is 0 Å². The molecule has 1 atom stereocenters. The minimum absolute atomic E-state index is 0.0727. The Balaban J connectivity index is 1.50. The van der Waals surface area contributed by atoms with Gasteiger partial charge < -0.3 is 10.1 Å². The lowest BCUT2D eigenvalue weighted by Gasteiger charge is -2.32. The summed E-state index contributed by atoms with van der Waals surface area (Å²) in [6.45, 7) is 10.2. The highest BCUT2D eigenvalue weighted by Gasteiger charge is 2.26. The van der Waals surface area contributed by atoms with E-state index in [4.69, 9.17) is 4.74 Å². The van der Waals surface area contributed by atoms with E-state index in [9.17, 15) is 9.00 Å². The topological polar surface area (TPSA) is 61.9 Å². The molecule has 29 heavy (non-hydrogen) atoms. The lowest BCUT2D eigenvalue weighted by atomic mass is 10.1. The smallest absolute Gasteiger partial charge is 0.407 e. The van der Waals surface area contributed by atoms with Gasteiger partial charge in [0.05, 0.1) is 4.90 Å². The molecular formula is C22H35N3O3S. The number of ether oxygens (including phenoxy) is 1. The summed E-state index contributed by atoms with van der Waals surface area (Å²) in [5.74, 6) is 0. The van der Waals surface area contributed by atoms with Crippen LogP contribution in [0.1, 0.15) is 58.4 Å². The van der Waals surface area contributed by atoms with Crippen molar-refractivity contribution >= 4 is 17.1 Å². The Kier molecular flexibility index (Phi) is 7.71. The van der Waals surface area contributed by atoms with Crippen LogP contribution in [0, 0.1) is 0 Å². The average molecular weight is 422 g/mol. The second kappa shape index (κ2) is 10.0. The van der Waals surface area contributed by atoms with Gasteiger partial charge in [-0.3, -0.25) is 4.90 Å². The van der Waals surface area contributed by atoms with Crippen LogP contribution in [0.2, 0.25) is 0 Å². The Morgan fingerprint density at radius 1 is 1.14 bits per heavy atom. The molecule has 2 heterocycles. The first-order valence-electron chi connectivity index (χ1n) is 10.8. The van der Waals surface area contributed by atoms with E-state index >= 15 is 0 Å². The Morgan fingerprint density at radius 2 is 1.83 bits per heavy atom. The fourth-order valence-electron chi connectivity index (χ4n) is 3.92. The van der Waals surface area contributed by atoms with Gasteiger partial charge in [0.15, 0.2) is 0 Å². The normalized spacial score (nSPS) is 20.9. The number of amides is 1. The van der Waals surface area contributed by atoms with Gasteiger partial charge in [0.1, 0.15) is 16.6 Å². The SMILES string of the molecule is CC(C)(C)OC(=O)NC1CCN(S(=O)c2cccc(CN3CCCCC3)c2)CC1. The summed E-state index contributed by atoms with van der Waals surface area (Å²) in [6.07, 6.45) is 5.06. The number of benzene rings is 1. The number of likely N-dealkylation sites (tertiary alicyclic amines) is 1. The van der Waals surface area contributed by atoms with Gasteiger partial charge >= 0.3 is 6.09 Å². The van der Waals surface area contributed by atoms with Gasteiger partial charge in [-0.15, -0.1) is 0 Å². The first kappa shape index (κ1) is 22.2. The molecule has 7 heteroatoms. The van der Waals surface area contributed by atoms with Crippen LogP contribution in [0.4, 0.5) is 4.79 Å². The molecule has 0 spiro atoms. The van der Waals surface area contributed by atoms with E-state index < -0.39 is 16.6 Å². The molecule has 6 nitrogen and oxygen atoms in total. The van der Waals surface area contributed by atoms with Crippen molar-refractivity contribution in [3.63, 3.8) is 0 Å². The first-order valence-corrected chi connectivity index (χ1v) is 11.9. The molecule has 2 aliphatic heterocycles. The number of carbonyl (C=O) groups excluding carboxylic acids is 1. The third kappa shape index (κ3) is 7.08. The maximum Gasteiger partial charge on any atom is 0.407 e. The van der Waals surface area contributed by atoms with E-state index in [1.807, 2.05) is 37.2 Å². The molecule has 1 aromatic rings. The van der Waals surface area contributed by atoms with Gasteiger partial charge in [-0.2, -0.15) is 0 Å². The largest absolute Gasteiger partial charge is 0.444 e. The summed E-state index contributed by atoms with van der Waals surface area (Å²) >= 11 is 0. The summed E-state index contributed by atoms with van der Waals surface area (Å²) in [5, 5.41) is 2.94. The van der Waals surface area contributed by atoms with E-state index in [0.717, 1.165) is 37.4 Å². The predicted molar refractivity (Wildman–Crippen MR) is 116 cm³/mol. The number of piperidine rings is 2. The lowest BCUT2D eigenvalue weighted by Crippen LogP contribution is -2.46. The summed E-state index contributed by atoms with van der Waals surface area (Å²) in [5.41, 5.74) is 0.741. The second-order valence-corrected chi connectivity index (χ2v) is 10.6. The highest BCUT2D eigenvalue weighted by atomic mass is 32.2. The lowest BCUT2D eigenvalue weighted by molar-refractivity contribution is 0.0490. The van der Waals surface area contributed by atoms with Crippen molar-refractivity contribution in [3.05, 3.63) is 29.8 Å². The molecular weight excluding hydrogens is 386 g/mol. The Morgan fingerprint density at radius 3 is 2.48 bits per heavy atom. The minimum Gasteiger partial charge on any atom is -0.444 e. The Labute approximate surface area is 177 Å². The van der Waals surface area contributed by atoms with Crippen molar-refractivity contribution in [3.8, 4) is 0 Å². The first-order chi connectivity index (χ1) is 13.8. The van der Waals surface area contributed by atoms with E-state index in [0.29, 0.717) is 13.1 Å². The molecule has 1 aromatic carbocycles. The number of rotatable bonds is 5. The fraction of sp³-hybridized carbons (Fsp3) is 0.682. The van der Waals surface area contributed by atoms with Crippen molar-refractivity contribution in [2.75, 3.05) is 26.2 Å². The zero-order valence-corrected chi connectivity index (χ0v) is 18.8. The third-order valence-electron chi connectivity index (χ3n) is 5.36. The van der Waals surface area contributed by atoms with Crippen LogP contribution < -0.4 is 5.32 Å². The molecule has 1 amide bonds. The number of nitrogens with one attached hydrogen (secondary N) is 1. The van der Waals surface area contributed by atoms with Crippen molar-refractivity contribution < 1.29 is 13.7 Å². The Hall–Kier alpha value is -1.44. The number of alkyl carbamates (subject to hydrolysis) is 1. The van der Waals surface area contributed by atoms with Crippen molar-refractivity contribution in [1.29, 1.82) is 0 Å². The van der Waals surface area contributed by atoms with Gasteiger partial charge in [0.25, 0.3) is 0 Å². The van der Waals surface area contributed by atoms with Crippen LogP contribution in [-0.2, 0) is 22.3 Å². The number of carbonyl (C=O) groups is 1. The van der Waals surface area contributed by atoms with Crippen LogP contribution in [0.25, 0.3) is 0 Å². The maximum atomic E-state index is 13.1. The van der Waals surface area contributed by atoms with Crippen molar-refractivity contribution in [1.82, 2.24) is 14.5 Å². The van der Waals surface area contributed by atoms with E-state index in [1.165, 1.54) is 24.8 Å². The van der Waals surface area contributed by atoms with E-state index in [-0.39, 0.29) is 12.1 Å². The average Bonchev–Trinajstić information content (AvgIpc) is 2.67. The highest BCUT2D eigenvalue weighted by Crippen LogP contribution is 2.20. The summed E-state index contributed by atoms with van der Waals surface area (Å²) in [6, 6.07) is 8.27. The summed E-state index contributed by atoms with van der Waals surface area (Å²) in [4.78, 5) is 15.3. The second-order valence-electron chi connectivity index (χ2n) is 9.08. The molecule has 2 saturated heterocycles. The van der Waals surface area contributed by atoms with E-state index in [1.54, 1.807) is 0 Å². The third-order valence-corrected chi connectivity index (χ3v) is 6.86. The molecule has 0 aromatic heterocycles. The van der Waals surface area contributed by atoms with Gasteiger partial charge in [-0.1, -0.05) is 18.6 Å². The predicted octanol–water partition coefficient (Wildman–Crippen LogP) is 3.68. The van der Waals surface area contributed by atoms with Gasteiger partial charge in [0.2, 0.25) is 0 Å². The molecule has 0 radical (unpaired) electrons. The van der Waals surface area contributed by atoms with Crippen LogP contribution >= 0.6 is 0 Å². The Bertz CT molecular complexity index is 705. The molecule has 0 saturated carbocycles. The van der Waals surface area contributed by atoms with Crippen LogP contribution in [0.15, 0.2) is 29.2 Å². The minimum atomic E-state index is -1.16. The molecule has 2 aliphatic rings. The zero-order chi connectivity index (χ0) is 20.9. The van der Waals surface area contributed by atoms with E-state index in [2.05, 4.69) is 22.3 Å². The fourth-order valence-corrected chi connectivity index (χ4v) is 5.21. The highest BCUT2D eigenvalue weighted by molar-refractivity contribution is 7.82. The molecule has 2 fully saturated rings. The zero-order valence-electron chi connectivity index (χ0n) is 18.0.